The molecular weight excluding hydrogens is 328 g/mol. The molecule has 1 heterocycles. The maximum Gasteiger partial charge on any atom is 0.412 e. The first-order valence-corrected chi connectivity index (χ1v) is 8.93. The SMILES string of the molecule is Cc1ccc(C(=O)N2CCC(NC(=O)Oc3ccccc3)CC2)cc1C. The molecule has 2 aromatic carbocycles. The molecule has 0 spiro atoms. The van der Waals surface area contributed by atoms with Crippen LogP contribution in [0.4, 0.5) is 4.79 Å². The van der Waals surface area contributed by atoms with Gasteiger partial charge in [-0.25, -0.2) is 4.79 Å². The van der Waals surface area contributed by atoms with Crippen molar-refractivity contribution < 1.29 is 14.3 Å². The Bertz CT molecular complexity index is 781. The Morgan fingerprint density at radius 1 is 1.00 bits per heavy atom. The number of nitrogens with zero attached hydrogens (tertiary/aromatic N) is 1. The number of ether oxygens (including phenoxy) is 1. The summed E-state index contributed by atoms with van der Waals surface area (Å²) in [7, 11) is 0. The third-order valence-corrected chi connectivity index (χ3v) is 4.81. The highest BCUT2D eigenvalue weighted by molar-refractivity contribution is 5.94. The number of para-hydroxylation sites is 1. The van der Waals surface area contributed by atoms with Crippen molar-refractivity contribution in [3.8, 4) is 5.75 Å². The summed E-state index contributed by atoms with van der Waals surface area (Å²) in [6, 6.07) is 14.8. The number of likely N-dealkylation sites (tertiary alicyclic amines) is 1. The van der Waals surface area contributed by atoms with Crippen LogP contribution in [0.5, 0.6) is 5.75 Å². The molecule has 5 nitrogen and oxygen atoms in total. The lowest BCUT2D eigenvalue weighted by Gasteiger charge is -2.32. The molecule has 0 unspecified atom stereocenters. The topological polar surface area (TPSA) is 58.6 Å². The highest BCUT2D eigenvalue weighted by Crippen LogP contribution is 2.17. The molecule has 1 saturated heterocycles. The van der Waals surface area contributed by atoms with Gasteiger partial charge >= 0.3 is 6.09 Å². The largest absolute Gasteiger partial charge is 0.412 e. The monoisotopic (exact) mass is 352 g/mol. The summed E-state index contributed by atoms with van der Waals surface area (Å²) >= 11 is 0. The lowest BCUT2D eigenvalue weighted by molar-refractivity contribution is 0.0706. The Balaban J connectivity index is 1.50. The highest BCUT2D eigenvalue weighted by Gasteiger charge is 2.25. The summed E-state index contributed by atoms with van der Waals surface area (Å²) in [6.45, 7) is 5.31. The molecule has 1 fully saturated rings. The number of carbonyl (C=O) groups is 2. The number of benzene rings is 2. The zero-order valence-corrected chi connectivity index (χ0v) is 15.2. The van der Waals surface area contributed by atoms with Crippen LogP contribution >= 0.6 is 0 Å². The van der Waals surface area contributed by atoms with Gasteiger partial charge < -0.3 is 15.0 Å². The Morgan fingerprint density at radius 3 is 2.35 bits per heavy atom. The second kappa shape index (κ2) is 8.04. The summed E-state index contributed by atoms with van der Waals surface area (Å²) in [5.41, 5.74) is 3.03. The predicted octanol–water partition coefficient (Wildman–Crippen LogP) is 3.70. The number of hydrogen-bond acceptors (Lipinski definition) is 3. The highest BCUT2D eigenvalue weighted by atomic mass is 16.6. The Labute approximate surface area is 154 Å². The van der Waals surface area contributed by atoms with Crippen molar-refractivity contribution in [2.24, 2.45) is 0 Å². The molecule has 0 aromatic heterocycles. The summed E-state index contributed by atoms with van der Waals surface area (Å²) in [5.74, 6) is 0.575. The lowest BCUT2D eigenvalue weighted by Crippen LogP contribution is -2.47. The molecule has 2 amide bonds. The molecule has 2 aromatic rings. The molecular formula is C21H24N2O3. The predicted molar refractivity (Wildman–Crippen MR) is 100 cm³/mol. The molecule has 1 N–H and O–H groups in total. The van der Waals surface area contributed by atoms with Crippen molar-refractivity contribution in [3.63, 3.8) is 0 Å². The normalized spacial score (nSPS) is 14.8. The van der Waals surface area contributed by atoms with Crippen LogP contribution < -0.4 is 10.1 Å². The van der Waals surface area contributed by atoms with E-state index in [-0.39, 0.29) is 11.9 Å². The number of rotatable bonds is 3. The molecule has 0 aliphatic carbocycles. The first kappa shape index (κ1) is 18.0. The van der Waals surface area contributed by atoms with Crippen molar-refractivity contribution in [2.75, 3.05) is 13.1 Å². The smallest absolute Gasteiger partial charge is 0.410 e. The van der Waals surface area contributed by atoms with Crippen LogP contribution in [0.3, 0.4) is 0 Å². The Hall–Kier alpha value is -2.82. The number of aryl methyl sites for hydroxylation is 2. The van der Waals surface area contributed by atoms with E-state index in [2.05, 4.69) is 5.32 Å². The van der Waals surface area contributed by atoms with E-state index >= 15 is 0 Å². The molecule has 5 heteroatoms. The van der Waals surface area contributed by atoms with Gasteiger partial charge in [0, 0.05) is 24.7 Å². The number of amides is 2. The summed E-state index contributed by atoms with van der Waals surface area (Å²) in [6.07, 6.45) is 0.996. The third kappa shape index (κ3) is 4.42. The minimum atomic E-state index is -0.449. The fourth-order valence-corrected chi connectivity index (χ4v) is 3.08. The van der Waals surface area contributed by atoms with Gasteiger partial charge in [0.1, 0.15) is 5.75 Å². The van der Waals surface area contributed by atoms with E-state index in [1.54, 1.807) is 12.1 Å². The Morgan fingerprint density at radius 2 is 1.69 bits per heavy atom. The van der Waals surface area contributed by atoms with E-state index in [1.165, 1.54) is 5.56 Å². The van der Waals surface area contributed by atoms with Gasteiger partial charge in [-0.3, -0.25) is 4.79 Å². The number of hydrogen-bond donors (Lipinski definition) is 1. The molecule has 0 saturated carbocycles. The fourth-order valence-electron chi connectivity index (χ4n) is 3.08. The molecule has 0 radical (unpaired) electrons. The van der Waals surface area contributed by atoms with Crippen LogP contribution in [0.2, 0.25) is 0 Å². The van der Waals surface area contributed by atoms with Crippen LogP contribution in [0, 0.1) is 13.8 Å². The zero-order valence-electron chi connectivity index (χ0n) is 15.2. The van der Waals surface area contributed by atoms with Crippen molar-refractivity contribution in [1.82, 2.24) is 10.2 Å². The first-order valence-electron chi connectivity index (χ1n) is 8.93. The maximum absolute atomic E-state index is 12.6. The van der Waals surface area contributed by atoms with Crippen LogP contribution in [0.15, 0.2) is 48.5 Å². The third-order valence-electron chi connectivity index (χ3n) is 4.81. The average molecular weight is 352 g/mol. The first-order chi connectivity index (χ1) is 12.5. The molecule has 1 aliphatic rings. The minimum Gasteiger partial charge on any atom is -0.410 e. The number of carbonyl (C=O) groups excluding carboxylic acids is 2. The van der Waals surface area contributed by atoms with Crippen LogP contribution in [0.1, 0.15) is 34.3 Å². The molecule has 26 heavy (non-hydrogen) atoms. The van der Waals surface area contributed by atoms with Gasteiger partial charge in [-0.1, -0.05) is 24.3 Å². The van der Waals surface area contributed by atoms with E-state index in [1.807, 2.05) is 55.1 Å². The summed E-state index contributed by atoms with van der Waals surface area (Å²) in [5, 5.41) is 2.88. The van der Waals surface area contributed by atoms with E-state index in [0.717, 1.165) is 24.0 Å². The molecule has 3 rings (SSSR count). The van der Waals surface area contributed by atoms with Gasteiger partial charge in [-0.05, 0) is 62.1 Å². The van der Waals surface area contributed by atoms with Crippen LogP contribution in [-0.4, -0.2) is 36.0 Å². The zero-order chi connectivity index (χ0) is 18.5. The molecule has 0 atom stereocenters. The van der Waals surface area contributed by atoms with Gasteiger partial charge in [-0.2, -0.15) is 0 Å². The number of nitrogens with one attached hydrogen (secondary N) is 1. The van der Waals surface area contributed by atoms with Crippen molar-refractivity contribution in [3.05, 3.63) is 65.2 Å². The fraction of sp³-hybridized carbons (Fsp3) is 0.333. The van der Waals surface area contributed by atoms with Gasteiger partial charge in [0.15, 0.2) is 0 Å². The van der Waals surface area contributed by atoms with E-state index < -0.39 is 6.09 Å². The van der Waals surface area contributed by atoms with E-state index in [4.69, 9.17) is 4.74 Å². The maximum atomic E-state index is 12.6. The molecule has 1 aliphatic heterocycles. The Kier molecular flexibility index (Phi) is 5.56. The minimum absolute atomic E-state index is 0.0232. The summed E-state index contributed by atoms with van der Waals surface area (Å²) < 4.78 is 5.25. The van der Waals surface area contributed by atoms with Crippen molar-refractivity contribution >= 4 is 12.0 Å². The lowest BCUT2D eigenvalue weighted by atomic mass is 10.0. The van der Waals surface area contributed by atoms with Crippen LogP contribution in [-0.2, 0) is 0 Å². The quantitative estimate of drug-likeness (QED) is 0.916. The van der Waals surface area contributed by atoms with E-state index in [0.29, 0.717) is 18.8 Å². The van der Waals surface area contributed by atoms with Gasteiger partial charge in [0.25, 0.3) is 5.91 Å². The second-order valence-corrected chi connectivity index (χ2v) is 6.71. The molecule has 136 valence electrons. The van der Waals surface area contributed by atoms with Crippen molar-refractivity contribution in [2.45, 2.75) is 32.7 Å². The second-order valence-electron chi connectivity index (χ2n) is 6.71. The van der Waals surface area contributed by atoms with E-state index in [9.17, 15) is 9.59 Å². The summed E-state index contributed by atoms with van der Waals surface area (Å²) in [4.78, 5) is 26.5. The van der Waals surface area contributed by atoms with Gasteiger partial charge in [0.2, 0.25) is 0 Å². The average Bonchev–Trinajstić information content (AvgIpc) is 2.65. The van der Waals surface area contributed by atoms with Gasteiger partial charge in [0.05, 0.1) is 0 Å². The molecule has 0 bridgehead atoms. The van der Waals surface area contributed by atoms with Gasteiger partial charge in [-0.15, -0.1) is 0 Å². The standard InChI is InChI=1S/C21H24N2O3/c1-15-8-9-17(14-16(15)2)20(24)23-12-10-18(11-13-23)22-21(25)26-19-6-4-3-5-7-19/h3-9,14,18H,10-13H2,1-2H3,(H,22,25). The van der Waals surface area contributed by atoms with Crippen LogP contribution in [0.25, 0.3) is 0 Å². The van der Waals surface area contributed by atoms with Crippen molar-refractivity contribution in [1.29, 1.82) is 0 Å². The number of piperidine rings is 1.